The normalized spacial score (nSPS) is 12.5. The molecule has 0 bridgehead atoms. The Kier molecular flexibility index (Phi) is 4.03. The van der Waals surface area contributed by atoms with Crippen molar-refractivity contribution in [1.82, 2.24) is 14.5 Å². The van der Waals surface area contributed by atoms with Crippen LogP contribution in [-0.2, 0) is 20.0 Å². The molecule has 0 radical (unpaired) electrons. The topological polar surface area (TPSA) is 112 Å². The van der Waals surface area contributed by atoms with Crippen LogP contribution in [0.5, 0.6) is 0 Å². The van der Waals surface area contributed by atoms with Gasteiger partial charge in [0.25, 0.3) is 10.0 Å². The lowest BCUT2D eigenvalue weighted by Gasteiger charge is -2.12. The van der Waals surface area contributed by atoms with E-state index in [0.717, 1.165) is 4.31 Å². The third-order valence-electron chi connectivity index (χ3n) is 2.63. The summed E-state index contributed by atoms with van der Waals surface area (Å²) in [6.07, 6.45) is 1.31. The molecule has 0 aliphatic carbocycles. The zero-order valence-electron chi connectivity index (χ0n) is 11.3. The monoisotopic (exact) mass is 330 g/mol. The summed E-state index contributed by atoms with van der Waals surface area (Å²) in [4.78, 5) is -0.00249. The number of aromatic amines is 1. The molecule has 0 unspecified atom stereocenters. The van der Waals surface area contributed by atoms with Crippen LogP contribution in [0.1, 0.15) is 0 Å². The second kappa shape index (κ2) is 5.47. The Bertz CT molecular complexity index is 827. The summed E-state index contributed by atoms with van der Waals surface area (Å²) in [5, 5.41) is 5.79. The molecule has 8 nitrogen and oxygen atoms in total. The maximum Gasteiger partial charge on any atom is 0.278 e. The van der Waals surface area contributed by atoms with Crippen molar-refractivity contribution in [1.29, 1.82) is 0 Å². The summed E-state index contributed by atoms with van der Waals surface area (Å²) < 4.78 is 51.4. The zero-order valence-corrected chi connectivity index (χ0v) is 12.9. The molecule has 0 aliphatic heterocycles. The molecule has 1 aromatic carbocycles. The number of nitrogens with zero attached hydrogens (tertiary/aromatic N) is 2. The van der Waals surface area contributed by atoms with Gasteiger partial charge < -0.3 is 0 Å². The van der Waals surface area contributed by atoms with Gasteiger partial charge in [0.2, 0.25) is 10.0 Å². The molecular weight excluding hydrogens is 316 g/mol. The van der Waals surface area contributed by atoms with Gasteiger partial charge in [-0.1, -0.05) is 6.07 Å². The SMILES string of the molecule is CN(C)S(=O)(=O)c1cccc(NS(=O)(=O)c2ccn[nH]2)c1. The Morgan fingerprint density at radius 1 is 1.14 bits per heavy atom. The number of rotatable bonds is 5. The number of nitrogens with one attached hydrogen (secondary N) is 2. The van der Waals surface area contributed by atoms with E-state index < -0.39 is 20.0 Å². The molecular formula is C11H14N4O4S2. The zero-order chi connectivity index (χ0) is 15.7. The summed E-state index contributed by atoms with van der Waals surface area (Å²) >= 11 is 0. The number of hydrogen-bond donors (Lipinski definition) is 2. The van der Waals surface area contributed by atoms with E-state index in [-0.39, 0.29) is 15.6 Å². The number of hydrogen-bond acceptors (Lipinski definition) is 5. The molecule has 0 aliphatic rings. The van der Waals surface area contributed by atoms with E-state index in [2.05, 4.69) is 14.9 Å². The molecule has 1 aromatic heterocycles. The molecule has 2 N–H and O–H groups in total. The van der Waals surface area contributed by atoms with Crippen molar-refractivity contribution in [3.63, 3.8) is 0 Å². The fourth-order valence-corrected chi connectivity index (χ4v) is 3.44. The van der Waals surface area contributed by atoms with E-state index in [0.29, 0.717) is 0 Å². The van der Waals surface area contributed by atoms with Gasteiger partial charge in [-0.2, -0.15) is 13.5 Å². The van der Waals surface area contributed by atoms with Gasteiger partial charge in [0, 0.05) is 14.1 Å². The fraction of sp³-hybridized carbons (Fsp3) is 0.182. The van der Waals surface area contributed by atoms with Crippen molar-refractivity contribution in [3.05, 3.63) is 36.5 Å². The molecule has 0 fully saturated rings. The highest BCUT2D eigenvalue weighted by Gasteiger charge is 2.19. The third kappa shape index (κ3) is 3.23. The van der Waals surface area contributed by atoms with Gasteiger partial charge in [-0.3, -0.25) is 9.82 Å². The van der Waals surface area contributed by atoms with Crippen molar-refractivity contribution in [2.24, 2.45) is 0 Å². The molecule has 2 aromatic rings. The minimum atomic E-state index is -3.83. The maximum absolute atomic E-state index is 12.0. The molecule has 0 saturated heterocycles. The van der Waals surface area contributed by atoms with E-state index in [9.17, 15) is 16.8 Å². The Morgan fingerprint density at radius 3 is 2.43 bits per heavy atom. The Morgan fingerprint density at radius 2 is 1.86 bits per heavy atom. The standard InChI is InChI=1S/C11H14N4O4S2/c1-15(2)21(18,19)10-5-3-4-9(8-10)14-20(16,17)11-6-7-12-13-11/h3-8,14H,1-2H3,(H,12,13). The summed E-state index contributed by atoms with van der Waals surface area (Å²) in [5.74, 6) is 0. The van der Waals surface area contributed by atoms with Crippen LogP contribution in [0.4, 0.5) is 5.69 Å². The third-order valence-corrected chi connectivity index (χ3v) is 5.75. The Labute approximate surface area is 122 Å². The lowest BCUT2D eigenvalue weighted by atomic mass is 10.3. The van der Waals surface area contributed by atoms with Crippen LogP contribution in [0.15, 0.2) is 46.5 Å². The lowest BCUT2D eigenvalue weighted by Crippen LogP contribution is -2.22. The minimum absolute atomic E-state index is 0.00249. The van der Waals surface area contributed by atoms with Gasteiger partial charge in [-0.05, 0) is 24.3 Å². The summed E-state index contributed by atoms with van der Waals surface area (Å²) in [7, 11) is -4.66. The first-order valence-corrected chi connectivity index (χ1v) is 8.70. The second-order valence-corrected chi connectivity index (χ2v) is 8.14. The summed E-state index contributed by atoms with van der Waals surface area (Å²) in [5.41, 5.74) is 0.146. The summed E-state index contributed by atoms with van der Waals surface area (Å²) in [6.45, 7) is 0. The van der Waals surface area contributed by atoms with Gasteiger partial charge in [-0.15, -0.1) is 0 Å². The molecule has 2 rings (SSSR count). The first kappa shape index (κ1) is 15.5. The Balaban J connectivity index is 2.36. The largest absolute Gasteiger partial charge is 0.278 e. The molecule has 10 heteroatoms. The fourth-order valence-electron chi connectivity index (χ4n) is 1.53. The van der Waals surface area contributed by atoms with Gasteiger partial charge in [0.05, 0.1) is 16.8 Å². The predicted molar refractivity (Wildman–Crippen MR) is 76.7 cm³/mol. The van der Waals surface area contributed by atoms with E-state index in [1.54, 1.807) is 0 Å². The van der Waals surface area contributed by atoms with Crippen LogP contribution in [0.3, 0.4) is 0 Å². The lowest BCUT2D eigenvalue weighted by molar-refractivity contribution is 0.520. The van der Waals surface area contributed by atoms with Crippen LogP contribution in [-0.4, -0.2) is 45.4 Å². The first-order chi connectivity index (χ1) is 9.73. The van der Waals surface area contributed by atoms with Gasteiger partial charge in [0.15, 0.2) is 5.03 Å². The van der Waals surface area contributed by atoms with Gasteiger partial charge >= 0.3 is 0 Å². The molecule has 21 heavy (non-hydrogen) atoms. The highest BCUT2D eigenvalue weighted by atomic mass is 32.2. The van der Waals surface area contributed by atoms with Crippen LogP contribution >= 0.6 is 0 Å². The molecule has 0 amide bonds. The van der Waals surface area contributed by atoms with Crippen molar-refractivity contribution < 1.29 is 16.8 Å². The molecule has 114 valence electrons. The number of anilines is 1. The van der Waals surface area contributed by atoms with Crippen LogP contribution in [0.25, 0.3) is 0 Å². The van der Waals surface area contributed by atoms with Crippen molar-refractivity contribution in [2.75, 3.05) is 18.8 Å². The molecule has 0 atom stereocenters. The molecule has 1 heterocycles. The predicted octanol–water partition coefficient (Wildman–Crippen LogP) is 0.461. The number of aromatic nitrogens is 2. The average molecular weight is 330 g/mol. The van der Waals surface area contributed by atoms with Gasteiger partial charge in [-0.25, -0.2) is 12.7 Å². The van der Waals surface area contributed by atoms with E-state index in [1.165, 1.54) is 50.6 Å². The quantitative estimate of drug-likeness (QED) is 0.827. The average Bonchev–Trinajstić information content (AvgIpc) is 2.93. The van der Waals surface area contributed by atoms with Crippen LogP contribution in [0.2, 0.25) is 0 Å². The van der Waals surface area contributed by atoms with Crippen molar-refractivity contribution in [3.8, 4) is 0 Å². The molecule has 0 saturated carbocycles. The van der Waals surface area contributed by atoms with E-state index in [1.807, 2.05) is 0 Å². The number of sulfonamides is 2. The number of benzene rings is 1. The van der Waals surface area contributed by atoms with Crippen molar-refractivity contribution in [2.45, 2.75) is 9.92 Å². The second-order valence-electron chi connectivity index (χ2n) is 4.34. The smallest absolute Gasteiger partial charge is 0.278 e. The maximum atomic E-state index is 12.0. The summed E-state index contributed by atoms with van der Waals surface area (Å²) in [6, 6.07) is 6.86. The van der Waals surface area contributed by atoms with Gasteiger partial charge in [0.1, 0.15) is 0 Å². The highest BCUT2D eigenvalue weighted by Crippen LogP contribution is 2.20. The van der Waals surface area contributed by atoms with Crippen LogP contribution < -0.4 is 4.72 Å². The number of H-pyrrole nitrogens is 1. The van der Waals surface area contributed by atoms with E-state index in [4.69, 9.17) is 0 Å². The van der Waals surface area contributed by atoms with Crippen LogP contribution in [0, 0.1) is 0 Å². The molecule has 0 spiro atoms. The van der Waals surface area contributed by atoms with E-state index >= 15 is 0 Å². The first-order valence-electron chi connectivity index (χ1n) is 5.78. The minimum Gasteiger partial charge on any atom is -0.278 e. The van der Waals surface area contributed by atoms with Crippen molar-refractivity contribution >= 4 is 25.7 Å². The highest BCUT2D eigenvalue weighted by molar-refractivity contribution is 7.92. The Hall–Kier alpha value is -1.91.